The van der Waals surface area contributed by atoms with Crippen LogP contribution in [-0.4, -0.2) is 28.8 Å². The molecule has 1 aromatic carbocycles. The number of amides is 1. The molecular formula is C13H19NO3. The second-order valence-electron chi connectivity index (χ2n) is 4.07. The molecule has 0 fully saturated rings. The smallest absolute Gasteiger partial charge is 0.220 e. The number of rotatable bonds is 6. The molecule has 0 spiro atoms. The van der Waals surface area contributed by atoms with E-state index in [1.165, 1.54) is 0 Å². The third kappa shape index (κ3) is 4.87. The van der Waals surface area contributed by atoms with Crippen LogP contribution in [0.5, 0.6) is 5.75 Å². The molecule has 4 heteroatoms. The van der Waals surface area contributed by atoms with Crippen LogP contribution in [0.25, 0.3) is 0 Å². The molecule has 0 aromatic heterocycles. The summed E-state index contributed by atoms with van der Waals surface area (Å²) in [5.74, 6) is 0.176. The second-order valence-corrected chi connectivity index (χ2v) is 4.07. The largest absolute Gasteiger partial charge is 0.508 e. The zero-order chi connectivity index (χ0) is 12.7. The van der Waals surface area contributed by atoms with Gasteiger partial charge in [-0.2, -0.15) is 0 Å². The van der Waals surface area contributed by atoms with E-state index in [0.717, 1.165) is 12.0 Å². The topological polar surface area (TPSA) is 69.6 Å². The van der Waals surface area contributed by atoms with E-state index in [9.17, 15) is 9.90 Å². The van der Waals surface area contributed by atoms with E-state index >= 15 is 0 Å². The summed E-state index contributed by atoms with van der Waals surface area (Å²) in [6.07, 6.45) is 1.83. The van der Waals surface area contributed by atoms with Crippen molar-refractivity contribution < 1.29 is 15.0 Å². The van der Waals surface area contributed by atoms with E-state index in [2.05, 4.69) is 5.32 Å². The lowest BCUT2D eigenvalue weighted by atomic mass is 10.1. The Labute approximate surface area is 101 Å². The Morgan fingerprint density at radius 3 is 2.53 bits per heavy atom. The predicted molar refractivity (Wildman–Crippen MR) is 65.7 cm³/mol. The number of hydrogen-bond acceptors (Lipinski definition) is 3. The van der Waals surface area contributed by atoms with E-state index < -0.39 is 0 Å². The van der Waals surface area contributed by atoms with Gasteiger partial charge in [0.25, 0.3) is 0 Å². The van der Waals surface area contributed by atoms with Crippen LogP contribution in [0.4, 0.5) is 0 Å². The molecule has 94 valence electrons. The van der Waals surface area contributed by atoms with E-state index in [4.69, 9.17) is 5.11 Å². The summed E-state index contributed by atoms with van der Waals surface area (Å²) in [5.41, 5.74) is 0.971. The fourth-order valence-electron chi connectivity index (χ4n) is 1.60. The zero-order valence-corrected chi connectivity index (χ0v) is 10.0. The van der Waals surface area contributed by atoms with Gasteiger partial charge in [-0.1, -0.05) is 19.1 Å². The van der Waals surface area contributed by atoms with Crippen molar-refractivity contribution in [2.45, 2.75) is 32.2 Å². The number of carbonyl (C=O) groups is 1. The fourth-order valence-corrected chi connectivity index (χ4v) is 1.60. The Kier molecular flexibility index (Phi) is 5.49. The van der Waals surface area contributed by atoms with Crippen LogP contribution in [0, 0.1) is 0 Å². The molecule has 0 bridgehead atoms. The number of carbonyl (C=O) groups excluding carboxylic acids is 1. The number of aliphatic hydroxyl groups excluding tert-OH is 1. The van der Waals surface area contributed by atoms with Crippen molar-refractivity contribution in [3.8, 4) is 5.75 Å². The van der Waals surface area contributed by atoms with Gasteiger partial charge in [-0.15, -0.1) is 0 Å². The monoisotopic (exact) mass is 237 g/mol. The van der Waals surface area contributed by atoms with Gasteiger partial charge in [0.2, 0.25) is 5.91 Å². The lowest BCUT2D eigenvalue weighted by molar-refractivity contribution is -0.122. The number of nitrogens with one attached hydrogen (secondary N) is 1. The van der Waals surface area contributed by atoms with Gasteiger partial charge < -0.3 is 15.5 Å². The molecule has 17 heavy (non-hydrogen) atoms. The quantitative estimate of drug-likeness (QED) is 0.696. The second kappa shape index (κ2) is 6.91. The molecule has 0 aliphatic rings. The van der Waals surface area contributed by atoms with Gasteiger partial charge in [-0.3, -0.25) is 4.79 Å². The minimum absolute atomic E-state index is 0.0367. The highest BCUT2D eigenvalue weighted by Gasteiger charge is 2.11. The summed E-state index contributed by atoms with van der Waals surface area (Å²) >= 11 is 0. The molecule has 0 saturated carbocycles. The molecule has 1 unspecified atom stereocenters. The Morgan fingerprint density at radius 2 is 2.00 bits per heavy atom. The van der Waals surface area contributed by atoms with Gasteiger partial charge >= 0.3 is 0 Å². The van der Waals surface area contributed by atoms with Crippen LogP contribution in [0.15, 0.2) is 24.3 Å². The van der Waals surface area contributed by atoms with Crippen LogP contribution in [0.2, 0.25) is 0 Å². The van der Waals surface area contributed by atoms with Crippen LogP contribution in [0.3, 0.4) is 0 Å². The maximum atomic E-state index is 11.4. The van der Waals surface area contributed by atoms with Crippen molar-refractivity contribution >= 4 is 5.91 Å². The van der Waals surface area contributed by atoms with Crippen LogP contribution < -0.4 is 5.32 Å². The maximum absolute atomic E-state index is 11.4. The van der Waals surface area contributed by atoms with Gasteiger partial charge in [0.1, 0.15) is 5.75 Å². The fraction of sp³-hybridized carbons (Fsp3) is 0.462. The lowest BCUT2D eigenvalue weighted by Gasteiger charge is -2.16. The van der Waals surface area contributed by atoms with Crippen molar-refractivity contribution in [1.29, 1.82) is 0 Å². The van der Waals surface area contributed by atoms with Crippen molar-refractivity contribution in [3.05, 3.63) is 29.8 Å². The standard InChI is InChI=1S/C13H19NO3/c1-2-3-13(17)14-11(9-15)8-10-4-6-12(16)7-5-10/h4-7,11,15-16H,2-3,8-9H2,1H3,(H,14,17). The van der Waals surface area contributed by atoms with E-state index in [1.807, 2.05) is 6.92 Å². The average molecular weight is 237 g/mol. The number of hydrogen-bond donors (Lipinski definition) is 3. The van der Waals surface area contributed by atoms with Crippen LogP contribution >= 0.6 is 0 Å². The highest BCUT2D eigenvalue weighted by molar-refractivity contribution is 5.76. The lowest BCUT2D eigenvalue weighted by Crippen LogP contribution is -2.38. The first kappa shape index (κ1) is 13.5. The highest BCUT2D eigenvalue weighted by Crippen LogP contribution is 2.11. The molecule has 1 rings (SSSR count). The molecule has 0 radical (unpaired) electrons. The number of aromatic hydroxyl groups is 1. The maximum Gasteiger partial charge on any atom is 0.220 e. The summed E-state index contributed by atoms with van der Waals surface area (Å²) in [7, 11) is 0. The number of phenols is 1. The summed E-state index contributed by atoms with van der Waals surface area (Å²) < 4.78 is 0. The Morgan fingerprint density at radius 1 is 1.35 bits per heavy atom. The third-order valence-corrected chi connectivity index (χ3v) is 2.48. The molecule has 1 amide bonds. The van der Waals surface area contributed by atoms with Crippen molar-refractivity contribution in [3.63, 3.8) is 0 Å². The minimum atomic E-state index is -0.265. The SMILES string of the molecule is CCCC(=O)NC(CO)Cc1ccc(O)cc1. The van der Waals surface area contributed by atoms with Gasteiger partial charge in [-0.05, 0) is 30.5 Å². The third-order valence-electron chi connectivity index (χ3n) is 2.48. The summed E-state index contributed by atoms with van der Waals surface area (Å²) in [5, 5.41) is 21.1. The van der Waals surface area contributed by atoms with E-state index in [-0.39, 0.29) is 24.3 Å². The molecule has 0 heterocycles. The number of aliphatic hydroxyl groups is 1. The van der Waals surface area contributed by atoms with Crippen LogP contribution in [0.1, 0.15) is 25.3 Å². The summed E-state index contributed by atoms with van der Waals surface area (Å²) in [6.45, 7) is 1.85. The molecule has 0 aliphatic heterocycles. The number of phenolic OH excluding ortho intramolecular Hbond substituents is 1. The van der Waals surface area contributed by atoms with Gasteiger partial charge in [0.15, 0.2) is 0 Å². The molecule has 0 saturated heterocycles. The predicted octanol–water partition coefficient (Wildman–Crippen LogP) is 1.21. The van der Waals surface area contributed by atoms with E-state index in [0.29, 0.717) is 12.8 Å². The minimum Gasteiger partial charge on any atom is -0.508 e. The van der Waals surface area contributed by atoms with Crippen molar-refractivity contribution in [1.82, 2.24) is 5.32 Å². The first-order valence-corrected chi connectivity index (χ1v) is 5.83. The Bertz CT molecular complexity index is 348. The first-order valence-electron chi connectivity index (χ1n) is 5.83. The first-order chi connectivity index (χ1) is 8.15. The van der Waals surface area contributed by atoms with E-state index in [1.54, 1.807) is 24.3 Å². The van der Waals surface area contributed by atoms with Crippen molar-refractivity contribution in [2.24, 2.45) is 0 Å². The average Bonchev–Trinajstić information content (AvgIpc) is 2.31. The Balaban J connectivity index is 2.51. The molecule has 1 atom stereocenters. The molecule has 4 nitrogen and oxygen atoms in total. The van der Waals surface area contributed by atoms with Crippen LogP contribution in [-0.2, 0) is 11.2 Å². The molecule has 3 N–H and O–H groups in total. The number of benzene rings is 1. The van der Waals surface area contributed by atoms with Gasteiger partial charge in [0.05, 0.1) is 12.6 Å². The van der Waals surface area contributed by atoms with Gasteiger partial charge in [-0.25, -0.2) is 0 Å². The zero-order valence-electron chi connectivity index (χ0n) is 10.0. The molecule has 0 aliphatic carbocycles. The normalized spacial score (nSPS) is 12.1. The Hall–Kier alpha value is -1.55. The summed E-state index contributed by atoms with van der Waals surface area (Å²) in [6, 6.07) is 6.49. The molecule has 1 aromatic rings. The van der Waals surface area contributed by atoms with Crippen molar-refractivity contribution in [2.75, 3.05) is 6.61 Å². The van der Waals surface area contributed by atoms with Gasteiger partial charge in [0, 0.05) is 6.42 Å². The highest BCUT2D eigenvalue weighted by atomic mass is 16.3. The molecular weight excluding hydrogens is 218 g/mol. The summed E-state index contributed by atoms with van der Waals surface area (Å²) in [4.78, 5) is 11.4.